The van der Waals surface area contributed by atoms with E-state index in [-0.39, 0.29) is 28.8 Å². The van der Waals surface area contributed by atoms with Gasteiger partial charge in [-0.05, 0) is 49.9 Å². The van der Waals surface area contributed by atoms with Crippen LogP contribution in [0.3, 0.4) is 0 Å². The molecule has 2 heterocycles. The van der Waals surface area contributed by atoms with E-state index >= 15 is 0 Å². The maximum absolute atomic E-state index is 12.8. The first-order valence-electron chi connectivity index (χ1n) is 7.22. The fourth-order valence-electron chi connectivity index (χ4n) is 3.48. The van der Waals surface area contributed by atoms with Crippen molar-refractivity contribution in [3.05, 3.63) is 24.3 Å². The van der Waals surface area contributed by atoms with E-state index in [1.54, 1.807) is 4.31 Å². The molecule has 0 aliphatic carbocycles. The lowest BCUT2D eigenvalue weighted by Gasteiger charge is -2.36. The van der Waals surface area contributed by atoms with Crippen molar-refractivity contribution in [2.75, 3.05) is 0 Å². The van der Waals surface area contributed by atoms with Gasteiger partial charge in [0.15, 0.2) is 0 Å². The molecule has 22 heavy (non-hydrogen) atoms. The first kappa shape index (κ1) is 15.6. The molecule has 0 spiro atoms. The molecule has 0 radical (unpaired) electrons. The summed E-state index contributed by atoms with van der Waals surface area (Å²) in [4.78, 5) is 0.0986. The van der Waals surface area contributed by atoms with Crippen molar-refractivity contribution in [3.63, 3.8) is 0 Å². The van der Waals surface area contributed by atoms with Crippen LogP contribution in [-0.4, -0.2) is 37.5 Å². The molecule has 0 saturated carbocycles. The van der Waals surface area contributed by atoms with Crippen molar-refractivity contribution in [2.24, 2.45) is 5.73 Å². The Labute approximate surface area is 128 Å². The van der Waals surface area contributed by atoms with Gasteiger partial charge in [0, 0.05) is 18.1 Å². The number of alkyl halides is 2. The fourth-order valence-corrected chi connectivity index (χ4v) is 5.37. The summed E-state index contributed by atoms with van der Waals surface area (Å²) in [5, 5.41) is 0. The SMILES string of the molecule is NC1CC2CC[C@@H](C1)N2S(=O)(=O)c1ccc(OC(F)F)cc1. The van der Waals surface area contributed by atoms with Crippen molar-refractivity contribution in [1.29, 1.82) is 0 Å². The molecular weight excluding hydrogens is 314 g/mol. The van der Waals surface area contributed by atoms with Gasteiger partial charge in [0.2, 0.25) is 10.0 Å². The molecular formula is C14H18F2N2O3S. The predicted octanol–water partition coefficient (Wildman–Crippen LogP) is 1.93. The Hall–Kier alpha value is -1.25. The van der Waals surface area contributed by atoms with Crippen molar-refractivity contribution < 1.29 is 21.9 Å². The van der Waals surface area contributed by atoms with E-state index in [0.29, 0.717) is 12.8 Å². The van der Waals surface area contributed by atoms with Crippen molar-refractivity contribution >= 4 is 10.0 Å². The summed E-state index contributed by atoms with van der Waals surface area (Å²) < 4.78 is 55.6. The van der Waals surface area contributed by atoms with Crippen LogP contribution in [-0.2, 0) is 10.0 Å². The highest BCUT2D eigenvalue weighted by atomic mass is 32.2. The molecule has 2 fully saturated rings. The second-order valence-corrected chi connectivity index (χ2v) is 7.64. The van der Waals surface area contributed by atoms with Gasteiger partial charge in [0.25, 0.3) is 0 Å². The number of hydrogen-bond donors (Lipinski definition) is 1. The molecule has 1 aromatic rings. The quantitative estimate of drug-likeness (QED) is 0.914. The second-order valence-electron chi connectivity index (χ2n) is 5.80. The Morgan fingerprint density at radius 3 is 2.18 bits per heavy atom. The van der Waals surface area contributed by atoms with Gasteiger partial charge in [-0.15, -0.1) is 0 Å². The van der Waals surface area contributed by atoms with Gasteiger partial charge in [-0.2, -0.15) is 13.1 Å². The minimum atomic E-state index is -3.63. The molecule has 1 aromatic carbocycles. The number of nitrogens with two attached hydrogens (primary N) is 1. The van der Waals surface area contributed by atoms with E-state index in [1.807, 2.05) is 0 Å². The van der Waals surface area contributed by atoms with Crippen LogP contribution in [0.4, 0.5) is 8.78 Å². The summed E-state index contributed by atoms with van der Waals surface area (Å²) in [7, 11) is -3.63. The third kappa shape index (κ3) is 2.82. The number of nitrogens with zero attached hydrogens (tertiary/aromatic N) is 1. The third-order valence-electron chi connectivity index (χ3n) is 4.33. The zero-order chi connectivity index (χ0) is 15.9. The monoisotopic (exact) mass is 332 g/mol. The predicted molar refractivity (Wildman–Crippen MR) is 76.1 cm³/mol. The molecule has 2 aliphatic heterocycles. The van der Waals surface area contributed by atoms with Gasteiger partial charge >= 0.3 is 6.61 Å². The smallest absolute Gasteiger partial charge is 0.387 e. The van der Waals surface area contributed by atoms with Crippen LogP contribution >= 0.6 is 0 Å². The summed E-state index contributed by atoms with van der Waals surface area (Å²) >= 11 is 0. The highest BCUT2D eigenvalue weighted by Crippen LogP contribution is 2.39. The van der Waals surface area contributed by atoms with Gasteiger partial charge in [-0.1, -0.05) is 0 Å². The number of fused-ring (bicyclic) bond motifs is 2. The number of benzene rings is 1. The molecule has 122 valence electrons. The van der Waals surface area contributed by atoms with E-state index in [0.717, 1.165) is 12.8 Å². The molecule has 3 rings (SSSR count). The van der Waals surface area contributed by atoms with Gasteiger partial charge in [0.05, 0.1) is 4.90 Å². The average Bonchev–Trinajstić information content (AvgIpc) is 2.72. The van der Waals surface area contributed by atoms with Gasteiger partial charge in [-0.3, -0.25) is 0 Å². The Balaban J connectivity index is 1.84. The number of piperidine rings is 1. The fraction of sp³-hybridized carbons (Fsp3) is 0.571. The third-order valence-corrected chi connectivity index (χ3v) is 6.35. The number of rotatable bonds is 4. The largest absolute Gasteiger partial charge is 0.435 e. The number of ether oxygens (including phenoxy) is 1. The number of halogens is 2. The van der Waals surface area contributed by atoms with E-state index in [9.17, 15) is 17.2 Å². The van der Waals surface area contributed by atoms with Gasteiger partial charge in [-0.25, -0.2) is 8.42 Å². The maximum atomic E-state index is 12.8. The highest BCUT2D eigenvalue weighted by Gasteiger charge is 2.46. The summed E-state index contributed by atoms with van der Waals surface area (Å²) in [6, 6.07) is 5.03. The van der Waals surface area contributed by atoms with Crippen LogP contribution in [0.15, 0.2) is 29.2 Å². The van der Waals surface area contributed by atoms with Crippen molar-refractivity contribution in [2.45, 2.75) is 55.3 Å². The lowest BCUT2D eigenvalue weighted by atomic mass is 10.0. The Bertz CT molecular complexity index is 622. The molecule has 5 nitrogen and oxygen atoms in total. The normalized spacial score (nSPS) is 29.0. The Morgan fingerprint density at radius 2 is 1.68 bits per heavy atom. The van der Waals surface area contributed by atoms with E-state index in [1.165, 1.54) is 24.3 Å². The minimum Gasteiger partial charge on any atom is -0.435 e. The molecule has 2 aliphatic rings. The zero-order valence-corrected chi connectivity index (χ0v) is 12.7. The maximum Gasteiger partial charge on any atom is 0.387 e. The van der Waals surface area contributed by atoms with Crippen LogP contribution in [0.1, 0.15) is 25.7 Å². The standard InChI is InChI=1S/C14H18F2N2O3S/c15-14(16)21-12-3-5-13(6-4-12)22(19,20)18-10-1-2-11(18)8-9(17)7-10/h3-6,9-11,14H,1-2,7-8,17H2/t9?,10-,11?/m0/s1. The minimum absolute atomic E-state index is 0.0470. The van der Waals surface area contributed by atoms with E-state index in [4.69, 9.17) is 5.73 Å². The Kier molecular flexibility index (Phi) is 4.09. The van der Waals surface area contributed by atoms with Crippen LogP contribution in [0.2, 0.25) is 0 Å². The average molecular weight is 332 g/mol. The number of hydrogen-bond acceptors (Lipinski definition) is 4. The first-order chi connectivity index (χ1) is 10.4. The van der Waals surface area contributed by atoms with Gasteiger partial charge < -0.3 is 10.5 Å². The zero-order valence-electron chi connectivity index (χ0n) is 11.9. The molecule has 2 unspecified atom stereocenters. The van der Waals surface area contributed by atoms with Crippen LogP contribution in [0, 0.1) is 0 Å². The molecule has 0 aromatic heterocycles. The summed E-state index contributed by atoms with van der Waals surface area (Å²) in [5.41, 5.74) is 5.96. The van der Waals surface area contributed by atoms with Crippen LogP contribution < -0.4 is 10.5 Å². The van der Waals surface area contributed by atoms with Gasteiger partial charge in [0.1, 0.15) is 5.75 Å². The molecule has 2 bridgehead atoms. The first-order valence-corrected chi connectivity index (χ1v) is 8.66. The Morgan fingerprint density at radius 1 is 1.14 bits per heavy atom. The lowest BCUT2D eigenvalue weighted by Crippen LogP contribution is -2.49. The van der Waals surface area contributed by atoms with Crippen LogP contribution in [0.5, 0.6) is 5.75 Å². The second kappa shape index (κ2) is 5.75. The number of sulfonamides is 1. The van der Waals surface area contributed by atoms with Crippen molar-refractivity contribution in [3.8, 4) is 5.75 Å². The van der Waals surface area contributed by atoms with Crippen LogP contribution in [0.25, 0.3) is 0 Å². The summed E-state index contributed by atoms with van der Waals surface area (Å²) in [6.45, 7) is -2.93. The molecule has 0 amide bonds. The van der Waals surface area contributed by atoms with E-state index in [2.05, 4.69) is 4.74 Å². The van der Waals surface area contributed by atoms with Crippen molar-refractivity contribution in [1.82, 2.24) is 4.31 Å². The lowest BCUT2D eigenvalue weighted by molar-refractivity contribution is -0.0498. The molecule has 3 atom stereocenters. The topological polar surface area (TPSA) is 72.6 Å². The van der Waals surface area contributed by atoms with E-state index < -0.39 is 16.6 Å². The summed E-state index contributed by atoms with van der Waals surface area (Å²) in [5.74, 6) is -0.0578. The summed E-state index contributed by atoms with van der Waals surface area (Å²) in [6.07, 6.45) is 2.99. The molecule has 2 N–H and O–H groups in total. The molecule has 2 saturated heterocycles. The molecule has 8 heteroatoms. The highest BCUT2D eigenvalue weighted by molar-refractivity contribution is 7.89.